The first kappa shape index (κ1) is 108. The van der Waals surface area contributed by atoms with Gasteiger partial charge in [-0.3, -0.25) is 39.2 Å². The molecule has 9 aliphatic rings. The molecule has 8 aromatic rings. The number of rotatable bonds is 9. The number of likely N-dealkylation sites (tertiary alicyclic amines) is 8. The van der Waals surface area contributed by atoms with Crippen molar-refractivity contribution in [2.45, 2.75) is 380 Å². The van der Waals surface area contributed by atoms with Crippen molar-refractivity contribution in [1.82, 2.24) is 39.2 Å². The smallest absolute Gasteiger partial charge is 0.127 e. The van der Waals surface area contributed by atoms with Crippen LogP contribution in [-0.4, -0.2) is 136 Å². The molecule has 0 radical (unpaired) electrons. The first-order chi connectivity index (χ1) is 61.1. The Bertz CT molecular complexity index is 4080. The molecule has 8 nitrogen and oxygen atoms in total. The monoisotopic (exact) mass is 2020 g/mol. The summed E-state index contributed by atoms with van der Waals surface area (Å²) in [4.78, 5) is 20.7. The fourth-order valence-electron chi connectivity index (χ4n) is 21.9. The molecule has 8 saturated heterocycles. The lowest BCUT2D eigenvalue weighted by atomic mass is 9.93. The van der Waals surface area contributed by atoms with Crippen LogP contribution in [0.15, 0.2) is 208 Å². The third kappa shape index (κ3) is 29.6. The average Bonchev–Trinajstić information content (AvgIpc) is 1.60. The SMILES string of the molecule is CC(C)(C)N1CCCC1c1ccccc1Br.CC(C)(C)N1CCCC1c1ccccc1C1CC1.CC(C)(C)N1CCCC1c1ccccc1Cl.CC(C)(C)N1CCCC1c1ccccc1F.CC(C)(C)N1CCC[C@@H]1c1ccccc1Br.CC(C)(C)N1CCC[C@@H]1c1ccccc1Cl.CC(C)(C)N1CCC[C@H]1c1ccccc1Br.CC(C)(C)N1CCC[C@H]1c1ccccc1Cl. The van der Waals surface area contributed by atoms with Gasteiger partial charge in [0.25, 0.3) is 0 Å². The quantitative estimate of drug-likeness (QED) is 0.141. The third-order valence-electron chi connectivity index (χ3n) is 28.1. The fourth-order valence-corrected chi connectivity index (χ4v) is 24.4. The minimum Gasteiger partial charge on any atom is -0.291 e. The van der Waals surface area contributed by atoms with E-state index in [0.717, 1.165) is 45.9 Å². The fraction of sp³-hybridized carbons (Fsp3) is 0.583. The normalized spacial score (nSPS) is 23.0. The second-order valence-corrected chi connectivity index (χ2v) is 49.5. The van der Waals surface area contributed by atoms with E-state index < -0.39 is 0 Å². The Morgan fingerprint density at radius 1 is 0.208 bits per heavy atom. The molecule has 0 N–H and O–H groups in total. The second kappa shape index (κ2) is 47.4. The lowest BCUT2D eigenvalue weighted by molar-refractivity contribution is 0.119. The van der Waals surface area contributed by atoms with Crippen LogP contribution >= 0.6 is 82.6 Å². The predicted octanol–water partition coefficient (Wildman–Crippen LogP) is 34.2. The highest BCUT2D eigenvalue weighted by atomic mass is 79.9. The molecule has 0 aromatic heterocycles. The van der Waals surface area contributed by atoms with E-state index in [1.807, 2.05) is 48.5 Å². The van der Waals surface area contributed by atoms with Crippen LogP contribution in [0.1, 0.15) is 386 Å². The van der Waals surface area contributed by atoms with Gasteiger partial charge in [-0.2, -0.15) is 0 Å². The van der Waals surface area contributed by atoms with Crippen LogP contribution in [0, 0.1) is 5.82 Å². The Balaban J connectivity index is 0.000000154. The Hall–Kier alpha value is -4.32. The van der Waals surface area contributed by atoms with Crippen LogP contribution in [0.25, 0.3) is 0 Å². The number of hydrogen-bond donors (Lipinski definition) is 0. The van der Waals surface area contributed by atoms with E-state index in [0.29, 0.717) is 42.3 Å². The molecular formula is C115H165Br3Cl3FN8. The highest BCUT2D eigenvalue weighted by Crippen LogP contribution is 2.50. The number of hydrogen-bond acceptors (Lipinski definition) is 8. The summed E-state index contributed by atoms with van der Waals surface area (Å²) in [5, 5.41) is 2.72. The molecule has 0 bridgehead atoms. The standard InChI is InChI=1S/C17H25N.3C14H20BrN.3C14H20ClN.C14H20FN/c1-17(2,3)18-12-6-9-16(18)15-8-5-4-7-14(15)13-10-11-13;7*1-14(2,3)16-10-6-9-13(16)11-7-4-5-8-12(11)15/h4-5,7-8,13,16H,6,9-12H2,1-3H3;7*4-5,7-8,13H,6,9-10H2,1-3H3/t;2*13-;;2*13-;;/m.10.10../s1. The Morgan fingerprint density at radius 3 is 0.569 bits per heavy atom. The third-order valence-corrected chi connectivity index (χ3v) is 31.3. The second-order valence-electron chi connectivity index (χ2n) is 45.7. The van der Waals surface area contributed by atoms with E-state index in [4.69, 9.17) is 34.8 Å². The van der Waals surface area contributed by atoms with Crippen LogP contribution in [0.5, 0.6) is 0 Å². The molecule has 8 aliphatic heterocycles. The van der Waals surface area contributed by atoms with Crippen LogP contribution < -0.4 is 0 Å². The van der Waals surface area contributed by atoms with Gasteiger partial charge in [-0.25, -0.2) is 4.39 Å². The highest BCUT2D eigenvalue weighted by molar-refractivity contribution is 9.11. The molecule has 8 aromatic carbocycles. The molecule has 8 atom stereocenters. The van der Waals surface area contributed by atoms with Gasteiger partial charge < -0.3 is 0 Å². The molecule has 0 amide bonds. The van der Waals surface area contributed by atoms with Gasteiger partial charge in [-0.05, 0) is 427 Å². The Morgan fingerprint density at radius 2 is 0.369 bits per heavy atom. The number of benzene rings is 8. The lowest BCUT2D eigenvalue weighted by Gasteiger charge is -2.38. The van der Waals surface area contributed by atoms with Crippen molar-refractivity contribution in [3.8, 4) is 0 Å². The summed E-state index contributed by atoms with van der Waals surface area (Å²) in [7, 11) is 0. The van der Waals surface area contributed by atoms with Gasteiger partial charge in [0.15, 0.2) is 0 Å². The lowest BCUT2D eigenvalue weighted by Crippen LogP contribution is -2.40. The van der Waals surface area contributed by atoms with Crippen LogP contribution in [0.2, 0.25) is 15.1 Å². The van der Waals surface area contributed by atoms with Gasteiger partial charge >= 0.3 is 0 Å². The summed E-state index contributed by atoms with van der Waals surface area (Å²) in [6, 6.07) is 71.1. The zero-order valence-electron chi connectivity index (χ0n) is 84.3. The molecular weight excluding hydrogens is 1860 g/mol. The number of nitrogens with zero attached hydrogens (tertiary/aromatic N) is 8. The minimum absolute atomic E-state index is 0.0661. The van der Waals surface area contributed by atoms with E-state index in [1.165, 1.54) is 195 Å². The summed E-state index contributed by atoms with van der Waals surface area (Å²) in [6.07, 6.45) is 23.0. The molecule has 714 valence electrons. The molecule has 8 heterocycles. The van der Waals surface area contributed by atoms with E-state index in [2.05, 4.69) is 387 Å². The Kier molecular flexibility index (Phi) is 39.2. The van der Waals surface area contributed by atoms with Crippen molar-refractivity contribution in [3.05, 3.63) is 278 Å². The van der Waals surface area contributed by atoms with Crippen LogP contribution in [0.4, 0.5) is 4.39 Å². The molecule has 9 fully saturated rings. The summed E-state index contributed by atoms with van der Waals surface area (Å²) < 4.78 is 17.5. The first-order valence-electron chi connectivity index (χ1n) is 49.5. The van der Waals surface area contributed by atoms with Crippen molar-refractivity contribution < 1.29 is 4.39 Å². The van der Waals surface area contributed by atoms with Gasteiger partial charge in [0.05, 0.1) is 0 Å². The van der Waals surface area contributed by atoms with Gasteiger partial charge in [-0.15, -0.1) is 0 Å². The van der Waals surface area contributed by atoms with E-state index >= 15 is 0 Å². The van der Waals surface area contributed by atoms with Gasteiger partial charge in [0.2, 0.25) is 0 Å². The zero-order valence-corrected chi connectivity index (χ0v) is 91.3. The average molecular weight is 2020 g/mol. The minimum atomic E-state index is -0.0661. The summed E-state index contributed by atoms with van der Waals surface area (Å²) in [5.74, 6) is 0.798. The van der Waals surface area contributed by atoms with Crippen molar-refractivity contribution in [1.29, 1.82) is 0 Å². The van der Waals surface area contributed by atoms with Crippen LogP contribution in [0.3, 0.4) is 0 Å². The van der Waals surface area contributed by atoms with Crippen molar-refractivity contribution >= 4 is 82.6 Å². The van der Waals surface area contributed by atoms with Crippen molar-refractivity contribution in [3.63, 3.8) is 0 Å². The topological polar surface area (TPSA) is 25.9 Å². The maximum Gasteiger partial charge on any atom is 0.127 e. The molecule has 1 aliphatic carbocycles. The summed E-state index contributed by atoms with van der Waals surface area (Å²) in [5.41, 5.74) is 14.1. The van der Waals surface area contributed by atoms with Crippen molar-refractivity contribution in [2.75, 3.05) is 52.4 Å². The zero-order chi connectivity index (χ0) is 95.1. The van der Waals surface area contributed by atoms with Gasteiger partial charge in [0.1, 0.15) is 5.82 Å². The maximum absolute atomic E-state index is 13.8. The molecule has 130 heavy (non-hydrogen) atoms. The maximum atomic E-state index is 13.8. The Labute approximate surface area is 830 Å². The number of halogens is 7. The van der Waals surface area contributed by atoms with E-state index in [1.54, 1.807) is 23.3 Å². The van der Waals surface area contributed by atoms with Crippen LogP contribution in [-0.2, 0) is 0 Å². The predicted molar refractivity (Wildman–Crippen MR) is 569 cm³/mol. The van der Waals surface area contributed by atoms with Gasteiger partial charge in [0, 0.05) is 127 Å². The van der Waals surface area contributed by atoms with E-state index in [9.17, 15) is 4.39 Å². The molecule has 17 rings (SSSR count). The van der Waals surface area contributed by atoms with E-state index in [-0.39, 0.29) is 56.2 Å². The summed E-state index contributed by atoms with van der Waals surface area (Å²) in [6.45, 7) is 64.5. The van der Waals surface area contributed by atoms with Crippen molar-refractivity contribution in [2.24, 2.45) is 0 Å². The molecule has 0 spiro atoms. The highest BCUT2D eigenvalue weighted by Gasteiger charge is 2.43. The molecule has 1 saturated carbocycles. The largest absolute Gasteiger partial charge is 0.291 e. The summed E-state index contributed by atoms with van der Waals surface area (Å²) >= 11 is 29.9. The molecule has 4 unspecified atom stereocenters. The molecule has 15 heteroatoms. The first-order valence-corrected chi connectivity index (χ1v) is 53.0. The van der Waals surface area contributed by atoms with Gasteiger partial charge in [-0.1, -0.05) is 234 Å².